The van der Waals surface area contributed by atoms with Gasteiger partial charge in [-0.05, 0) is 49.0 Å². The Bertz CT molecular complexity index is 947. The van der Waals surface area contributed by atoms with Crippen LogP contribution in [0.2, 0.25) is 0 Å². The molecule has 0 bridgehead atoms. The maximum Gasteiger partial charge on any atom is 0.226 e. The third-order valence-corrected chi connectivity index (χ3v) is 5.60. The van der Waals surface area contributed by atoms with Crippen LogP contribution in [0.15, 0.2) is 34.9 Å². The summed E-state index contributed by atoms with van der Waals surface area (Å²) in [6, 6.07) is 8.09. The first-order valence-corrected chi connectivity index (χ1v) is 9.65. The van der Waals surface area contributed by atoms with Crippen molar-refractivity contribution in [3.8, 4) is 10.6 Å². The van der Waals surface area contributed by atoms with Gasteiger partial charge in [-0.2, -0.15) is 0 Å². The molecule has 1 amide bonds. The van der Waals surface area contributed by atoms with E-state index < -0.39 is 0 Å². The average Bonchev–Trinajstić information content (AvgIpc) is 3.30. The molecule has 0 atom stereocenters. The third kappa shape index (κ3) is 3.90. The van der Waals surface area contributed by atoms with Crippen LogP contribution in [0.25, 0.3) is 10.6 Å². The molecule has 1 aliphatic heterocycles. The van der Waals surface area contributed by atoms with E-state index in [1.807, 2.05) is 17.9 Å². The molecule has 1 aliphatic rings. The minimum Gasteiger partial charge on any atom is -0.355 e. The summed E-state index contributed by atoms with van der Waals surface area (Å²) in [4.78, 5) is 15.3. The van der Waals surface area contributed by atoms with Crippen LogP contribution >= 0.6 is 11.5 Å². The zero-order valence-electron chi connectivity index (χ0n) is 14.9. The van der Waals surface area contributed by atoms with Gasteiger partial charge < -0.3 is 9.42 Å². The molecular weight excluding hydrogens is 367 g/mol. The van der Waals surface area contributed by atoms with E-state index in [0.717, 1.165) is 29.1 Å². The molecule has 8 heteroatoms. The van der Waals surface area contributed by atoms with Gasteiger partial charge in [0.05, 0.1) is 17.8 Å². The molecule has 0 saturated carbocycles. The van der Waals surface area contributed by atoms with Gasteiger partial charge in [0.15, 0.2) is 5.76 Å². The second-order valence-corrected chi connectivity index (χ2v) is 7.54. The number of aryl methyl sites for hydroxylation is 1. The lowest BCUT2D eigenvalue weighted by Crippen LogP contribution is -2.38. The Hall–Kier alpha value is -2.61. The summed E-state index contributed by atoms with van der Waals surface area (Å²) in [6.45, 7) is 3.19. The molecule has 4 rings (SSSR count). The van der Waals surface area contributed by atoms with E-state index in [1.54, 1.807) is 12.1 Å². The number of aromatic nitrogens is 3. The van der Waals surface area contributed by atoms with Crippen LogP contribution in [0.4, 0.5) is 4.39 Å². The summed E-state index contributed by atoms with van der Waals surface area (Å²) >= 11 is 1.31. The van der Waals surface area contributed by atoms with Crippen molar-refractivity contribution in [2.75, 3.05) is 13.1 Å². The normalized spacial score (nSPS) is 15.3. The Morgan fingerprint density at radius 3 is 2.85 bits per heavy atom. The van der Waals surface area contributed by atoms with Crippen molar-refractivity contribution in [2.45, 2.75) is 32.1 Å². The quantitative estimate of drug-likeness (QED) is 0.685. The van der Waals surface area contributed by atoms with E-state index in [2.05, 4.69) is 14.7 Å². The van der Waals surface area contributed by atoms with E-state index in [1.165, 1.54) is 23.7 Å². The second-order valence-electron chi connectivity index (χ2n) is 6.78. The molecule has 0 radical (unpaired) electrons. The molecule has 3 aromatic rings. The van der Waals surface area contributed by atoms with Gasteiger partial charge in [-0.3, -0.25) is 4.79 Å². The molecule has 6 nitrogen and oxygen atoms in total. The molecule has 0 unspecified atom stereocenters. The topological polar surface area (TPSA) is 72.1 Å². The Balaban J connectivity index is 1.39. The van der Waals surface area contributed by atoms with E-state index in [9.17, 15) is 9.18 Å². The van der Waals surface area contributed by atoms with E-state index in [4.69, 9.17) is 4.52 Å². The number of likely N-dealkylation sites (tertiary alicyclic amines) is 1. The Morgan fingerprint density at radius 1 is 1.33 bits per heavy atom. The Morgan fingerprint density at radius 2 is 2.15 bits per heavy atom. The predicted octanol–water partition coefficient (Wildman–Crippen LogP) is 3.59. The summed E-state index contributed by atoms with van der Waals surface area (Å²) < 4.78 is 22.7. The Labute approximate surface area is 160 Å². The summed E-state index contributed by atoms with van der Waals surface area (Å²) in [5, 5.41) is 8.25. The number of nitrogens with zero attached hydrogens (tertiary/aromatic N) is 4. The summed E-state index contributed by atoms with van der Waals surface area (Å²) in [5.41, 5.74) is 2.45. The zero-order valence-corrected chi connectivity index (χ0v) is 15.7. The smallest absolute Gasteiger partial charge is 0.226 e. The largest absolute Gasteiger partial charge is 0.355 e. The summed E-state index contributed by atoms with van der Waals surface area (Å²) in [7, 11) is 0. The number of amides is 1. The lowest BCUT2D eigenvalue weighted by Gasteiger charge is -2.31. The van der Waals surface area contributed by atoms with Crippen molar-refractivity contribution in [3.63, 3.8) is 0 Å². The van der Waals surface area contributed by atoms with Crippen molar-refractivity contribution in [3.05, 3.63) is 53.1 Å². The molecule has 1 saturated heterocycles. The van der Waals surface area contributed by atoms with Crippen molar-refractivity contribution >= 4 is 17.4 Å². The molecule has 3 heterocycles. The fraction of sp³-hybridized carbons (Fsp3) is 0.368. The standard InChI is InChI=1S/C19H19FN4O2S/c1-12-9-16(26-22-12)19-18(21-23-27-19)14-5-7-24(8-6-14)17(25)11-13-3-2-4-15(20)10-13/h2-4,9-10,14H,5-8,11H2,1H3. The number of hydrogen-bond donors (Lipinski definition) is 0. The molecule has 1 aromatic carbocycles. The highest BCUT2D eigenvalue weighted by atomic mass is 32.1. The molecular formula is C19H19FN4O2S. The first-order chi connectivity index (χ1) is 13.1. The summed E-state index contributed by atoms with van der Waals surface area (Å²) in [5.74, 6) is 0.649. The number of carbonyl (C=O) groups is 1. The van der Waals surface area contributed by atoms with Gasteiger partial charge in [0, 0.05) is 25.1 Å². The number of benzene rings is 1. The number of carbonyl (C=O) groups excluding carboxylic acids is 1. The maximum absolute atomic E-state index is 13.3. The van der Waals surface area contributed by atoms with Crippen LogP contribution in [-0.2, 0) is 11.2 Å². The minimum absolute atomic E-state index is 0.0292. The maximum atomic E-state index is 13.3. The predicted molar refractivity (Wildman–Crippen MR) is 98.8 cm³/mol. The summed E-state index contributed by atoms with van der Waals surface area (Å²) in [6.07, 6.45) is 1.87. The third-order valence-electron chi connectivity index (χ3n) is 4.84. The molecule has 0 aliphatic carbocycles. The minimum atomic E-state index is -0.315. The van der Waals surface area contributed by atoms with Crippen LogP contribution in [0.1, 0.15) is 35.7 Å². The molecule has 140 valence electrons. The van der Waals surface area contributed by atoms with Gasteiger partial charge in [0.1, 0.15) is 10.7 Å². The molecule has 0 N–H and O–H groups in total. The van der Waals surface area contributed by atoms with Gasteiger partial charge in [-0.1, -0.05) is 21.8 Å². The van der Waals surface area contributed by atoms with Gasteiger partial charge >= 0.3 is 0 Å². The SMILES string of the molecule is Cc1cc(-c2snnc2C2CCN(C(=O)Cc3cccc(F)c3)CC2)on1. The van der Waals surface area contributed by atoms with Gasteiger partial charge in [0.2, 0.25) is 5.91 Å². The second kappa shape index (κ2) is 7.56. The average molecular weight is 386 g/mol. The fourth-order valence-corrected chi connectivity index (χ4v) is 4.14. The molecule has 1 fully saturated rings. The molecule has 0 spiro atoms. The Kier molecular flexibility index (Phi) is 4.98. The van der Waals surface area contributed by atoms with Gasteiger partial charge in [-0.15, -0.1) is 5.10 Å². The van der Waals surface area contributed by atoms with Crippen LogP contribution in [0.5, 0.6) is 0 Å². The highest BCUT2D eigenvalue weighted by Gasteiger charge is 2.28. The van der Waals surface area contributed by atoms with Crippen LogP contribution in [0.3, 0.4) is 0 Å². The molecule has 2 aromatic heterocycles. The van der Waals surface area contributed by atoms with Gasteiger partial charge in [0.25, 0.3) is 0 Å². The van der Waals surface area contributed by atoms with E-state index in [0.29, 0.717) is 24.4 Å². The fourth-order valence-electron chi connectivity index (χ4n) is 3.44. The van der Waals surface area contributed by atoms with Crippen LogP contribution in [-0.4, -0.2) is 38.6 Å². The van der Waals surface area contributed by atoms with Crippen molar-refractivity contribution in [1.29, 1.82) is 0 Å². The number of halogens is 1. The van der Waals surface area contributed by atoms with Gasteiger partial charge in [-0.25, -0.2) is 4.39 Å². The lowest BCUT2D eigenvalue weighted by molar-refractivity contribution is -0.131. The van der Waals surface area contributed by atoms with E-state index in [-0.39, 0.29) is 24.1 Å². The van der Waals surface area contributed by atoms with Crippen molar-refractivity contribution < 1.29 is 13.7 Å². The van der Waals surface area contributed by atoms with Crippen molar-refractivity contribution in [2.24, 2.45) is 0 Å². The van der Waals surface area contributed by atoms with Crippen molar-refractivity contribution in [1.82, 2.24) is 19.6 Å². The zero-order chi connectivity index (χ0) is 18.8. The number of piperidine rings is 1. The lowest BCUT2D eigenvalue weighted by atomic mass is 9.92. The van der Waals surface area contributed by atoms with Crippen LogP contribution in [0, 0.1) is 12.7 Å². The highest BCUT2D eigenvalue weighted by molar-refractivity contribution is 7.09. The number of hydrogen-bond acceptors (Lipinski definition) is 6. The molecule has 27 heavy (non-hydrogen) atoms. The first-order valence-electron chi connectivity index (χ1n) is 8.88. The van der Waals surface area contributed by atoms with E-state index >= 15 is 0 Å². The van der Waals surface area contributed by atoms with Crippen LogP contribution < -0.4 is 0 Å². The monoisotopic (exact) mass is 386 g/mol. The first kappa shape index (κ1) is 17.8. The highest BCUT2D eigenvalue weighted by Crippen LogP contribution is 2.36. The number of rotatable bonds is 4.